The van der Waals surface area contributed by atoms with E-state index >= 15 is 0 Å². The van der Waals surface area contributed by atoms with Gasteiger partial charge in [0.2, 0.25) is 11.9 Å². The summed E-state index contributed by atoms with van der Waals surface area (Å²) in [4.78, 5) is 30.3. The zero-order valence-corrected chi connectivity index (χ0v) is 15.3. The fourth-order valence-electron chi connectivity index (χ4n) is 4.19. The van der Waals surface area contributed by atoms with E-state index in [0.29, 0.717) is 12.3 Å². The molecule has 7 nitrogen and oxygen atoms in total. The van der Waals surface area contributed by atoms with Crippen LogP contribution in [0.25, 0.3) is 0 Å². The maximum Gasteiger partial charge on any atom is 0.225 e. The van der Waals surface area contributed by atoms with Crippen molar-refractivity contribution in [3.8, 4) is 0 Å². The molecule has 2 aromatic heterocycles. The molecule has 26 heavy (non-hydrogen) atoms. The van der Waals surface area contributed by atoms with Crippen LogP contribution in [0, 0.1) is 12.8 Å². The molecule has 2 atom stereocenters. The molecular formula is C19H26N6O. The molecule has 3 fully saturated rings. The molecule has 0 spiro atoms. The van der Waals surface area contributed by atoms with Crippen LogP contribution in [0.4, 0.5) is 5.95 Å². The van der Waals surface area contributed by atoms with E-state index in [1.165, 1.54) is 6.42 Å². The van der Waals surface area contributed by atoms with Crippen molar-refractivity contribution in [3.05, 3.63) is 36.7 Å². The average molecular weight is 354 g/mol. The first-order chi connectivity index (χ1) is 12.7. The molecule has 138 valence electrons. The Morgan fingerprint density at radius 3 is 2.73 bits per heavy atom. The lowest BCUT2D eigenvalue weighted by atomic mass is 9.94. The van der Waals surface area contributed by atoms with Gasteiger partial charge in [0, 0.05) is 63.4 Å². The van der Waals surface area contributed by atoms with Crippen molar-refractivity contribution in [2.75, 3.05) is 24.5 Å². The van der Waals surface area contributed by atoms with Crippen LogP contribution in [0.2, 0.25) is 0 Å². The summed E-state index contributed by atoms with van der Waals surface area (Å²) in [7, 11) is 0. The molecular weight excluding hydrogens is 328 g/mol. The number of piperidine rings is 1. The minimum Gasteiger partial charge on any atom is -0.338 e. The number of rotatable bonds is 5. The second-order valence-electron chi connectivity index (χ2n) is 7.37. The number of fused-ring (bicyclic) bond motifs is 4. The van der Waals surface area contributed by atoms with Crippen LogP contribution in [0.1, 0.15) is 31.5 Å². The first kappa shape index (κ1) is 17.0. The molecule has 0 radical (unpaired) electrons. The fraction of sp³-hybridized carbons (Fsp3) is 0.579. The van der Waals surface area contributed by atoms with Crippen LogP contribution >= 0.6 is 0 Å². The van der Waals surface area contributed by atoms with Gasteiger partial charge in [0.15, 0.2) is 0 Å². The van der Waals surface area contributed by atoms with Gasteiger partial charge in [-0.25, -0.2) is 15.0 Å². The van der Waals surface area contributed by atoms with Crippen molar-refractivity contribution in [2.24, 2.45) is 5.92 Å². The fourth-order valence-corrected chi connectivity index (χ4v) is 4.19. The van der Waals surface area contributed by atoms with Crippen LogP contribution in [-0.4, -0.2) is 56.0 Å². The van der Waals surface area contributed by atoms with E-state index < -0.39 is 0 Å². The molecule has 0 N–H and O–H groups in total. The molecule has 3 aliphatic rings. The largest absolute Gasteiger partial charge is 0.338 e. The van der Waals surface area contributed by atoms with Crippen molar-refractivity contribution < 1.29 is 4.79 Å². The summed E-state index contributed by atoms with van der Waals surface area (Å²) < 4.78 is 2.11. The highest BCUT2D eigenvalue weighted by molar-refractivity contribution is 5.76. The van der Waals surface area contributed by atoms with E-state index in [1.54, 1.807) is 12.4 Å². The minimum absolute atomic E-state index is 0.278. The third-order valence-electron chi connectivity index (χ3n) is 5.58. The van der Waals surface area contributed by atoms with Gasteiger partial charge in [0.1, 0.15) is 5.82 Å². The standard InChI is InChI=1S/C19H26N6O/c1-15-20-9-11-23(15)10-2-4-18(26)25-13-16-5-6-17(25)14-24(12-16)19-21-7-3-8-22-19/h3,7-9,11,16-17H,2,4-6,10,12-14H2,1H3/t16-,17+/m0/s1. The van der Waals surface area contributed by atoms with E-state index in [1.807, 2.05) is 25.4 Å². The van der Waals surface area contributed by atoms with Gasteiger partial charge in [-0.15, -0.1) is 0 Å². The number of carbonyl (C=O) groups excluding carboxylic acids is 1. The first-order valence-electron chi connectivity index (χ1n) is 9.50. The summed E-state index contributed by atoms with van der Waals surface area (Å²) in [5.41, 5.74) is 0. The summed E-state index contributed by atoms with van der Waals surface area (Å²) in [6.07, 6.45) is 11.1. The number of amides is 1. The Hall–Kier alpha value is -2.44. The van der Waals surface area contributed by atoms with Crippen molar-refractivity contribution in [2.45, 2.75) is 45.2 Å². The summed E-state index contributed by atoms with van der Waals surface area (Å²) in [5.74, 6) is 2.59. The van der Waals surface area contributed by atoms with Crippen molar-refractivity contribution in [1.82, 2.24) is 24.4 Å². The normalized spacial score (nSPS) is 22.5. The monoisotopic (exact) mass is 354 g/mol. The maximum atomic E-state index is 12.8. The molecule has 2 aromatic rings. The molecule has 0 aliphatic carbocycles. The van der Waals surface area contributed by atoms with E-state index in [4.69, 9.17) is 0 Å². The van der Waals surface area contributed by atoms with Gasteiger partial charge in [-0.1, -0.05) is 0 Å². The van der Waals surface area contributed by atoms with Crippen molar-refractivity contribution in [3.63, 3.8) is 0 Å². The summed E-state index contributed by atoms with van der Waals surface area (Å²) >= 11 is 0. The highest BCUT2D eigenvalue weighted by Crippen LogP contribution is 2.30. The zero-order chi connectivity index (χ0) is 17.9. The molecule has 1 amide bonds. The number of hydrogen-bond donors (Lipinski definition) is 0. The molecule has 7 heteroatoms. The van der Waals surface area contributed by atoms with Gasteiger partial charge in [-0.05, 0) is 38.2 Å². The Morgan fingerprint density at radius 2 is 1.96 bits per heavy atom. The van der Waals surface area contributed by atoms with Gasteiger partial charge in [0.25, 0.3) is 0 Å². The number of anilines is 1. The van der Waals surface area contributed by atoms with Crippen LogP contribution in [0.3, 0.4) is 0 Å². The zero-order valence-electron chi connectivity index (χ0n) is 15.3. The lowest BCUT2D eigenvalue weighted by Gasteiger charge is -2.36. The Balaban J connectivity index is 1.37. The molecule has 5 heterocycles. The quantitative estimate of drug-likeness (QED) is 0.820. The summed E-state index contributed by atoms with van der Waals surface area (Å²) in [5, 5.41) is 0. The molecule has 0 saturated carbocycles. The van der Waals surface area contributed by atoms with Crippen LogP contribution in [0.5, 0.6) is 0 Å². The van der Waals surface area contributed by atoms with E-state index in [2.05, 4.69) is 29.3 Å². The van der Waals surface area contributed by atoms with Gasteiger partial charge in [-0.3, -0.25) is 4.79 Å². The summed E-state index contributed by atoms with van der Waals surface area (Å²) in [6, 6.07) is 2.12. The Labute approximate surface area is 154 Å². The lowest BCUT2D eigenvalue weighted by molar-refractivity contribution is -0.135. The second kappa shape index (κ2) is 7.43. The Morgan fingerprint density at radius 1 is 1.12 bits per heavy atom. The average Bonchev–Trinajstić information content (AvgIpc) is 2.88. The van der Waals surface area contributed by atoms with Crippen molar-refractivity contribution in [1.29, 1.82) is 0 Å². The van der Waals surface area contributed by atoms with Crippen LogP contribution in [0.15, 0.2) is 30.9 Å². The molecule has 0 aromatic carbocycles. The number of carbonyl (C=O) groups is 1. The minimum atomic E-state index is 0.278. The molecule has 5 rings (SSSR count). The Bertz CT molecular complexity index is 745. The molecule has 2 bridgehead atoms. The van der Waals surface area contributed by atoms with Crippen LogP contribution in [-0.2, 0) is 11.3 Å². The van der Waals surface area contributed by atoms with Crippen LogP contribution < -0.4 is 4.90 Å². The number of aryl methyl sites for hydroxylation is 2. The number of aromatic nitrogens is 4. The smallest absolute Gasteiger partial charge is 0.225 e. The van der Waals surface area contributed by atoms with E-state index in [9.17, 15) is 4.79 Å². The lowest BCUT2D eigenvalue weighted by Crippen LogP contribution is -2.47. The van der Waals surface area contributed by atoms with Gasteiger partial charge < -0.3 is 14.4 Å². The Kier molecular flexibility index (Phi) is 4.86. The third kappa shape index (κ3) is 3.57. The highest BCUT2D eigenvalue weighted by atomic mass is 16.2. The van der Waals surface area contributed by atoms with Gasteiger partial charge in [0.05, 0.1) is 0 Å². The second-order valence-corrected chi connectivity index (χ2v) is 7.37. The first-order valence-corrected chi connectivity index (χ1v) is 9.50. The molecule has 3 saturated heterocycles. The van der Waals surface area contributed by atoms with Crippen molar-refractivity contribution >= 4 is 11.9 Å². The molecule has 3 aliphatic heterocycles. The third-order valence-corrected chi connectivity index (χ3v) is 5.58. The number of hydrogen-bond acceptors (Lipinski definition) is 5. The maximum absolute atomic E-state index is 12.8. The highest BCUT2D eigenvalue weighted by Gasteiger charge is 2.37. The van der Waals surface area contributed by atoms with E-state index in [0.717, 1.165) is 50.8 Å². The molecule has 0 unspecified atom stereocenters. The topological polar surface area (TPSA) is 67.2 Å². The predicted octanol–water partition coefficient (Wildman–Crippen LogP) is 1.89. The number of nitrogens with zero attached hydrogens (tertiary/aromatic N) is 6. The van der Waals surface area contributed by atoms with Gasteiger partial charge >= 0.3 is 0 Å². The summed E-state index contributed by atoms with van der Waals surface area (Å²) in [6.45, 7) is 5.50. The number of imidazole rings is 1. The predicted molar refractivity (Wildman–Crippen MR) is 98.7 cm³/mol. The van der Waals surface area contributed by atoms with E-state index in [-0.39, 0.29) is 11.9 Å². The SMILES string of the molecule is Cc1nccn1CCCC(=O)N1C[C@H]2CC[C@@H]1CN(c1ncccn1)C2. The van der Waals surface area contributed by atoms with Gasteiger partial charge in [-0.2, -0.15) is 0 Å².